The molecule has 2 aliphatic heterocycles. The van der Waals surface area contributed by atoms with E-state index >= 15 is 0 Å². The third-order valence-corrected chi connectivity index (χ3v) is 5.62. The van der Waals surface area contributed by atoms with E-state index < -0.39 is 5.60 Å². The van der Waals surface area contributed by atoms with Crippen molar-refractivity contribution in [3.05, 3.63) is 59.8 Å². The van der Waals surface area contributed by atoms with Crippen molar-refractivity contribution < 1.29 is 9.53 Å². The van der Waals surface area contributed by atoms with Crippen LogP contribution >= 0.6 is 0 Å². The number of anilines is 1. The van der Waals surface area contributed by atoms with Gasteiger partial charge in [0, 0.05) is 25.8 Å². The number of hydrogen-bond acceptors (Lipinski definition) is 4. The first kappa shape index (κ1) is 18.0. The van der Waals surface area contributed by atoms with Gasteiger partial charge in [0.2, 0.25) is 0 Å². The molecule has 0 N–H and O–H groups in total. The van der Waals surface area contributed by atoms with Crippen molar-refractivity contribution in [1.82, 2.24) is 9.88 Å². The van der Waals surface area contributed by atoms with Crippen LogP contribution in [0, 0.1) is 0 Å². The number of nitrogens with zero attached hydrogens (tertiary/aromatic N) is 3. The van der Waals surface area contributed by atoms with E-state index in [2.05, 4.69) is 28.9 Å². The molecule has 3 heterocycles. The van der Waals surface area contributed by atoms with Crippen molar-refractivity contribution in [1.29, 1.82) is 0 Å². The summed E-state index contributed by atoms with van der Waals surface area (Å²) in [5.74, 6) is 0.879. The molecule has 1 amide bonds. The molecule has 142 valence electrons. The molecule has 2 aromatic rings. The Hall–Kier alpha value is -2.40. The second-order valence-electron chi connectivity index (χ2n) is 7.59. The number of amides is 1. The Morgan fingerprint density at radius 3 is 2.59 bits per heavy atom. The van der Waals surface area contributed by atoms with Crippen molar-refractivity contribution >= 4 is 11.7 Å². The summed E-state index contributed by atoms with van der Waals surface area (Å²) in [7, 11) is 0. The number of morpholine rings is 1. The quantitative estimate of drug-likeness (QED) is 0.836. The van der Waals surface area contributed by atoms with Crippen LogP contribution in [0.15, 0.2) is 48.7 Å². The van der Waals surface area contributed by atoms with E-state index in [0.29, 0.717) is 18.7 Å². The van der Waals surface area contributed by atoms with Gasteiger partial charge in [-0.2, -0.15) is 0 Å². The smallest absolute Gasteiger partial charge is 0.257 e. The highest BCUT2D eigenvalue weighted by Crippen LogP contribution is 2.32. The topological polar surface area (TPSA) is 45.7 Å². The molecule has 4 rings (SSSR count). The summed E-state index contributed by atoms with van der Waals surface area (Å²) in [4.78, 5) is 21.9. The third-order valence-electron chi connectivity index (χ3n) is 5.62. The first-order valence-electron chi connectivity index (χ1n) is 9.86. The molecule has 1 aromatic heterocycles. The average Bonchev–Trinajstić information content (AvgIpc) is 2.74. The maximum atomic E-state index is 13.1. The Morgan fingerprint density at radius 2 is 1.81 bits per heavy atom. The Balaban J connectivity index is 1.61. The van der Waals surface area contributed by atoms with Gasteiger partial charge in [0.05, 0.1) is 18.7 Å². The molecule has 5 heteroatoms. The highest BCUT2D eigenvalue weighted by Gasteiger charge is 2.36. The van der Waals surface area contributed by atoms with Crippen LogP contribution in [0.4, 0.5) is 5.82 Å². The number of likely N-dealkylation sites (tertiary alicyclic amines) is 1. The highest BCUT2D eigenvalue weighted by atomic mass is 16.5. The van der Waals surface area contributed by atoms with Gasteiger partial charge in [0.1, 0.15) is 11.4 Å². The van der Waals surface area contributed by atoms with Gasteiger partial charge in [-0.15, -0.1) is 0 Å². The van der Waals surface area contributed by atoms with Crippen molar-refractivity contribution in [2.24, 2.45) is 0 Å². The number of aromatic nitrogens is 1. The number of rotatable bonds is 3. The van der Waals surface area contributed by atoms with Crippen molar-refractivity contribution in [2.45, 2.75) is 31.8 Å². The fourth-order valence-electron chi connectivity index (χ4n) is 4.10. The molecular formula is C22H27N3O2. The lowest BCUT2D eigenvalue weighted by Gasteiger charge is -2.42. The Morgan fingerprint density at radius 1 is 1.04 bits per heavy atom. The van der Waals surface area contributed by atoms with E-state index in [4.69, 9.17) is 4.74 Å². The van der Waals surface area contributed by atoms with Crippen molar-refractivity contribution in [3.63, 3.8) is 0 Å². The van der Waals surface area contributed by atoms with Gasteiger partial charge in [-0.25, -0.2) is 4.98 Å². The maximum Gasteiger partial charge on any atom is 0.257 e. The van der Waals surface area contributed by atoms with Crippen LogP contribution in [0.2, 0.25) is 0 Å². The zero-order valence-electron chi connectivity index (χ0n) is 15.9. The standard InChI is InChI=1S/C22H27N3O2/c1-22(18-9-4-2-5-10-18)17-25(15-16-27-22)20-19(11-8-12-23-20)21(26)24-13-6-3-7-14-24/h2,4-5,8-12H,3,6-7,13-17H2,1H3. The monoisotopic (exact) mass is 365 g/mol. The lowest BCUT2D eigenvalue weighted by molar-refractivity contribution is -0.0468. The summed E-state index contributed by atoms with van der Waals surface area (Å²) in [6.07, 6.45) is 5.16. The zero-order chi connectivity index (χ0) is 18.7. The van der Waals surface area contributed by atoms with Crippen LogP contribution in [0.3, 0.4) is 0 Å². The van der Waals surface area contributed by atoms with Crippen LogP contribution in [-0.2, 0) is 10.3 Å². The molecule has 1 aromatic carbocycles. The Bertz CT molecular complexity index is 789. The largest absolute Gasteiger partial charge is 0.367 e. The lowest BCUT2D eigenvalue weighted by Crippen LogP contribution is -2.49. The molecule has 0 radical (unpaired) electrons. The third kappa shape index (κ3) is 3.69. The van der Waals surface area contributed by atoms with Gasteiger partial charge in [-0.1, -0.05) is 30.3 Å². The number of ether oxygens (including phenoxy) is 1. The number of benzene rings is 1. The Kier molecular flexibility index (Phi) is 5.12. The summed E-state index contributed by atoms with van der Waals surface area (Å²) >= 11 is 0. The number of hydrogen-bond donors (Lipinski definition) is 0. The molecule has 1 atom stereocenters. The van der Waals surface area contributed by atoms with E-state index in [9.17, 15) is 4.79 Å². The minimum Gasteiger partial charge on any atom is -0.367 e. The van der Waals surface area contributed by atoms with E-state index in [1.165, 1.54) is 6.42 Å². The van der Waals surface area contributed by atoms with Gasteiger partial charge in [-0.05, 0) is 43.9 Å². The first-order valence-corrected chi connectivity index (χ1v) is 9.86. The van der Waals surface area contributed by atoms with E-state index in [0.717, 1.165) is 43.9 Å². The molecule has 2 aliphatic rings. The normalized spacial score (nSPS) is 23.3. The summed E-state index contributed by atoms with van der Waals surface area (Å²) in [5, 5.41) is 0. The molecule has 0 bridgehead atoms. The molecule has 2 fully saturated rings. The van der Waals surface area contributed by atoms with E-state index in [-0.39, 0.29) is 5.91 Å². The van der Waals surface area contributed by atoms with Crippen LogP contribution in [0.5, 0.6) is 0 Å². The summed E-state index contributed by atoms with van der Waals surface area (Å²) in [5.41, 5.74) is 1.44. The van der Waals surface area contributed by atoms with Gasteiger partial charge >= 0.3 is 0 Å². The van der Waals surface area contributed by atoms with Gasteiger partial charge in [0.15, 0.2) is 0 Å². The Labute approximate surface area is 161 Å². The second-order valence-corrected chi connectivity index (χ2v) is 7.59. The molecule has 5 nitrogen and oxygen atoms in total. The van der Waals surface area contributed by atoms with E-state index in [1.807, 2.05) is 35.2 Å². The molecule has 0 spiro atoms. The molecule has 1 unspecified atom stereocenters. The molecule has 0 aliphatic carbocycles. The summed E-state index contributed by atoms with van der Waals surface area (Å²) in [6.45, 7) is 5.83. The number of pyridine rings is 1. The number of carbonyl (C=O) groups excluding carboxylic acids is 1. The van der Waals surface area contributed by atoms with E-state index in [1.54, 1.807) is 6.20 Å². The first-order chi connectivity index (χ1) is 13.2. The maximum absolute atomic E-state index is 13.1. The molecule has 2 saturated heterocycles. The number of carbonyl (C=O) groups is 1. The van der Waals surface area contributed by atoms with Crippen molar-refractivity contribution in [2.75, 3.05) is 37.7 Å². The second kappa shape index (κ2) is 7.69. The van der Waals surface area contributed by atoms with Crippen LogP contribution in [0.25, 0.3) is 0 Å². The van der Waals surface area contributed by atoms with Gasteiger partial charge < -0.3 is 14.5 Å². The SMILES string of the molecule is CC1(c2ccccc2)CN(c2ncccc2C(=O)N2CCCCC2)CCO1. The fraction of sp³-hybridized carbons (Fsp3) is 0.455. The fourth-order valence-corrected chi connectivity index (χ4v) is 4.10. The summed E-state index contributed by atoms with van der Waals surface area (Å²) < 4.78 is 6.16. The molecule has 27 heavy (non-hydrogen) atoms. The highest BCUT2D eigenvalue weighted by molar-refractivity contribution is 5.99. The average molecular weight is 365 g/mol. The van der Waals surface area contributed by atoms with Crippen LogP contribution in [0.1, 0.15) is 42.1 Å². The van der Waals surface area contributed by atoms with Crippen molar-refractivity contribution in [3.8, 4) is 0 Å². The van der Waals surface area contributed by atoms with Crippen LogP contribution < -0.4 is 4.90 Å². The number of piperidine rings is 1. The van der Waals surface area contributed by atoms with Gasteiger partial charge in [0.25, 0.3) is 5.91 Å². The predicted octanol–water partition coefficient (Wildman–Crippen LogP) is 3.46. The zero-order valence-corrected chi connectivity index (χ0v) is 15.9. The van der Waals surface area contributed by atoms with Gasteiger partial charge in [-0.3, -0.25) is 4.79 Å². The molecule has 0 saturated carbocycles. The minimum atomic E-state index is -0.414. The molecular weight excluding hydrogens is 338 g/mol. The summed E-state index contributed by atoms with van der Waals surface area (Å²) in [6, 6.07) is 14.1. The minimum absolute atomic E-state index is 0.103. The lowest BCUT2D eigenvalue weighted by atomic mass is 9.93. The predicted molar refractivity (Wildman–Crippen MR) is 106 cm³/mol. The van der Waals surface area contributed by atoms with Crippen LogP contribution in [-0.4, -0.2) is 48.6 Å².